The Balaban J connectivity index is 1.80. The fraction of sp³-hybridized carbons (Fsp3) is 0.316. The lowest BCUT2D eigenvalue weighted by Gasteiger charge is -2.20. The normalized spacial score (nSPS) is 13.3. The number of halogens is 1. The van der Waals surface area contributed by atoms with Gasteiger partial charge in [0, 0.05) is 17.9 Å². The van der Waals surface area contributed by atoms with Crippen molar-refractivity contribution in [1.82, 2.24) is 15.0 Å². The Morgan fingerprint density at radius 3 is 2.85 bits per heavy atom. The second kappa shape index (κ2) is 7.98. The number of ether oxygens (including phenoxy) is 1. The smallest absolute Gasteiger partial charge is 0.224 e. The highest BCUT2D eigenvalue weighted by Crippen LogP contribution is 2.39. The van der Waals surface area contributed by atoms with Crippen LogP contribution in [0.25, 0.3) is 22.2 Å². The molecule has 1 aliphatic rings. The standard InChI is InChI=1S/C19H19ClN4O2S/c20-14-8-12-10-26-9-11-4-3-5-13(15(11)12)16(14)17-22-18(21)24-19(23-17)27-7-2-1-6-25/h3-5,8,25H,1-2,6-7,9-10H2,(H2,21,22,23,24). The maximum Gasteiger partial charge on any atom is 0.224 e. The van der Waals surface area contributed by atoms with Crippen molar-refractivity contribution in [3.05, 3.63) is 40.4 Å². The van der Waals surface area contributed by atoms with Gasteiger partial charge in [0.2, 0.25) is 5.95 Å². The highest BCUT2D eigenvalue weighted by molar-refractivity contribution is 7.99. The fourth-order valence-electron chi connectivity index (χ4n) is 3.27. The van der Waals surface area contributed by atoms with Crippen LogP contribution in [0.1, 0.15) is 24.0 Å². The van der Waals surface area contributed by atoms with Crippen molar-refractivity contribution in [3.8, 4) is 11.4 Å². The van der Waals surface area contributed by atoms with Crippen molar-refractivity contribution in [2.24, 2.45) is 0 Å². The van der Waals surface area contributed by atoms with Crippen molar-refractivity contribution < 1.29 is 9.84 Å². The Bertz CT molecular complexity index is 999. The van der Waals surface area contributed by atoms with Gasteiger partial charge in [-0.05, 0) is 40.8 Å². The van der Waals surface area contributed by atoms with Gasteiger partial charge in [-0.2, -0.15) is 9.97 Å². The number of hydrogen-bond acceptors (Lipinski definition) is 7. The molecule has 1 aromatic heterocycles. The van der Waals surface area contributed by atoms with Gasteiger partial charge >= 0.3 is 0 Å². The number of benzene rings is 2. The summed E-state index contributed by atoms with van der Waals surface area (Å²) in [6.45, 7) is 1.31. The summed E-state index contributed by atoms with van der Waals surface area (Å²) < 4.78 is 5.65. The summed E-state index contributed by atoms with van der Waals surface area (Å²) >= 11 is 8.12. The molecule has 0 bridgehead atoms. The van der Waals surface area contributed by atoms with E-state index in [4.69, 9.17) is 27.2 Å². The van der Waals surface area contributed by atoms with E-state index in [-0.39, 0.29) is 12.6 Å². The summed E-state index contributed by atoms with van der Waals surface area (Å²) in [4.78, 5) is 13.2. The van der Waals surface area contributed by atoms with Crippen LogP contribution >= 0.6 is 23.4 Å². The molecule has 0 fully saturated rings. The Labute approximate surface area is 166 Å². The van der Waals surface area contributed by atoms with Crippen LogP contribution in [0.4, 0.5) is 5.95 Å². The number of aliphatic hydroxyl groups excluding tert-OH is 1. The van der Waals surface area contributed by atoms with Crippen molar-refractivity contribution in [2.75, 3.05) is 18.1 Å². The average molecular weight is 403 g/mol. The monoisotopic (exact) mass is 402 g/mol. The molecule has 6 nitrogen and oxygen atoms in total. The van der Waals surface area contributed by atoms with Crippen molar-refractivity contribution >= 4 is 40.1 Å². The van der Waals surface area contributed by atoms with Gasteiger partial charge in [-0.3, -0.25) is 0 Å². The maximum atomic E-state index is 8.91. The first-order chi connectivity index (χ1) is 13.2. The Kier molecular flexibility index (Phi) is 5.45. The molecule has 3 aromatic rings. The minimum atomic E-state index is 0.171. The predicted molar refractivity (Wildman–Crippen MR) is 108 cm³/mol. The summed E-state index contributed by atoms with van der Waals surface area (Å²) in [5, 5.41) is 12.2. The first-order valence-electron chi connectivity index (χ1n) is 8.73. The van der Waals surface area contributed by atoms with Gasteiger partial charge in [0.15, 0.2) is 11.0 Å². The molecule has 2 aromatic carbocycles. The molecule has 140 valence electrons. The fourth-order valence-corrected chi connectivity index (χ4v) is 4.43. The predicted octanol–water partition coefficient (Wildman–Crippen LogP) is 3.82. The van der Waals surface area contributed by atoms with E-state index >= 15 is 0 Å². The van der Waals surface area contributed by atoms with E-state index in [9.17, 15) is 0 Å². The van der Waals surface area contributed by atoms with Gasteiger partial charge < -0.3 is 15.6 Å². The lowest BCUT2D eigenvalue weighted by molar-refractivity contribution is 0.103. The number of aliphatic hydroxyl groups is 1. The topological polar surface area (TPSA) is 94.2 Å². The molecule has 0 saturated carbocycles. The Morgan fingerprint density at radius 1 is 1.15 bits per heavy atom. The van der Waals surface area contributed by atoms with Crippen LogP contribution < -0.4 is 5.73 Å². The van der Waals surface area contributed by atoms with Crippen LogP contribution in [-0.4, -0.2) is 32.4 Å². The molecule has 0 spiro atoms. The van der Waals surface area contributed by atoms with E-state index in [0.29, 0.717) is 29.2 Å². The van der Waals surface area contributed by atoms with Crippen LogP contribution in [0.5, 0.6) is 0 Å². The first-order valence-corrected chi connectivity index (χ1v) is 10.1. The van der Waals surface area contributed by atoms with Gasteiger partial charge in [0.25, 0.3) is 0 Å². The summed E-state index contributed by atoms with van der Waals surface area (Å²) in [6, 6.07) is 8.01. The van der Waals surface area contributed by atoms with Crippen LogP contribution in [0.3, 0.4) is 0 Å². The minimum absolute atomic E-state index is 0.171. The zero-order chi connectivity index (χ0) is 18.8. The lowest BCUT2D eigenvalue weighted by Crippen LogP contribution is -2.07. The van der Waals surface area contributed by atoms with Gasteiger partial charge in [0.1, 0.15) is 0 Å². The van der Waals surface area contributed by atoms with E-state index < -0.39 is 0 Å². The molecular formula is C19H19ClN4O2S. The van der Waals surface area contributed by atoms with Gasteiger partial charge in [-0.1, -0.05) is 41.6 Å². The third-order valence-electron chi connectivity index (χ3n) is 4.44. The van der Waals surface area contributed by atoms with Crippen LogP contribution in [0, 0.1) is 0 Å². The molecule has 8 heteroatoms. The number of nitrogens with zero attached hydrogens (tertiary/aromatic N) is 3. The number of nitrogens with two attached hydrogens (primary N) is 1. The van der Waals surface area contributed by atoms with Gasteiger partial charge in [-0.25, -0.2) is 4.98 Å². The molecule has 0 unspecified atom stereocenters. The summed E-state index contributed by atoms with van der Waals surface area (Å²) in [5.74, 6) is 1.45. The summed E-state index contributed by atoms with van der Waals surface area (Å²) in [7, 11) is 0. The highest BCUT2D eigenvalue weighted by Gasteiger charge is 2.20. The molecule has 3 N–H and O–H groups in total. The molecule has 0 aliphatic carbocycles. The number of thioether (sulfide) groups is 1. The van der Waals surface area contributed by atoms with E-state index in [2.05, 4.69) is 21.0 Å². The largest absolute Gasteiger partial charge is 0.396 e. The number of hydrogen-bond donors (Lipinski definition) is 2. The molecule has 0 amide bonds. The first kappa shape index (κ1) is 18.4. The second-order valence-electron chi connectivity index (χ2n) is 6.30. The van der Waals surface area contributed by atoms with Crippen molar-refractivity contribution in [1.29, 1.82) is 0 Å². The molecule has 27 heavy (non-hydrogen) atoms. The third-order valence-corrected chi connectivity index (χ3v) is 5.67. The number of aromatic nitrogens is 3. The zero-order valence-corrected chi connectivity index (χ0v) is 16.2. The van der Waals surface area contributed by atoms with E-state index in [1.807, 2.05) is 18.2 Å². The average Bonchev–Trinajstić information content (AvgIpc) is 2.65. The van der Waals surface area contributed by atoms with Crippen LogP contribution in [0.2, 0.25) is 5.02 Å². The molecule has 4 rings (SSSR count). The highest BCUT2D eigenvalue weighted by atomic mass is 35.5. The van der Waals surface area contributed by atoms with Crippen molar-refractivity contribution in [3.63, 3.8) is 0 Å². The quantitative estimate of drug-likeness (QED) is 0.478. The number of rotatable bonds is 6. The number of unbranched alkanes of at least 4 members (excludes halogenated alkanes) is 1. The molecule has 1 aliphatic heterocycles. The molecule has 0 radical (unpaired) electrons. The molecule has 0 atom stereocenters. The summed E-state index contributed by atoms with van der Waals surface area (Å²) in [6.07, 6.45) is 1.63. The molecule has 0 saturated heterocycles. The van der Waals surface area contributed by atoms with Gasteiger partial charge in [-0.15, -0.1) is 0 Å². The van der Waals surface area contributed by atoms with Crippen LogP contribution in [0.15, 0.2) is 29.4 Å². The van der Waals surface area contributed by atoms with E-state index in [1.54, 1.807) is 0 Å². The Morgan fingerprint density at radius 2 is 2.00 bits per heavy atom. The molecular weight excluding hydrogens is 384 g/mol. The Hall–Kier alpha value is -1.93. The van der Waals surface area contributed by atoms with E-state index in [0.717, 1.165) is 46.1 Å². The maximum absolute atomic E-state index is 8.91. The molecule has 2 heterocycles. The van der Waals surface area contributed by atoms with Crippen LogP contribution in [-0.2, 0) is 18.0 Å². The summed E-state index contributed by atoms with van der Waals surface area (Å²) in [5.41, 5.74) is 8.91. The van der Waals surface area contributed by atoms with Gasteiger partial charge in [0.05, 0.1) is 18.2 Å². The minimum Gasteiger partial charge on any atom is -0.396 e. The SMILES string of the molecule is Nc1nc(SCCCCO)nc(-c2c(Cl)cc3c4c(cccc24)COC3)n1. The number of nitrogen functional groups attached to an aromatic ring is 1. The zero-order valence-electron chi connectivity index (χ0n) is 14.6. The number of anilines is 1. The van der Waals surface area contributed by atoms with E-state index in [1.165, 1.54) is 11.8 Å². The lowest BCUT2D eigenvalue weighted by atomic mass is 9.94. The second-order valence-corrected chi connectivity index (χ2v) is 7.77. The van der Waals surface area contributed by atoms with Crippen molar-refractivity contribution in [2.45, 2.75) is 31.2 Å². The third kappa shape index (κ3) is 3.73.